The van der Waals surface area contributed by atoms with Crippen LogP contribution in [0.2, 0.25) is 0 Å². The molecule has 1 N–H and O–H groups in total. The van der Waals surface area contributed by atoms with E-state index in [1.807, 2.05) is 25.1 Å². The van der Waals surface area contributed by atoms with E-state index in [1.165, 1.54) is 9.58 Å². The Kier molecular flexibility index (Phi) is 5.86. The predicted molar refractivity (Wildman–Crippen MR) is 135 cm³/mol. The van der Waals surface area contributed by atoms with E-state index in [0.717, 1.165) is 11.1 Å². The van der Waals surface area contributed by atoms with Gasteiger partial charge < -0.3 is 14.5 Å². The van der Waals surface area contributed by atoms with Gasteiger partial charge in [-0.2, -0.15) is 14.2 Å². The molecule has 2 aliphatic rings. The number of anilines is 2. The highest BCUT2D eigenvalue weighted by molar-refractivity contribution is 5.99. The van der Waals surface area contributed by atoms with Gasteiger partial charge in [0, 0.05) is 36.6 Å². The van der Waals surface area contributed by atoms with E-state index in [4.69, 9.17) is 9.72 Å². The number of morpholine rings is 1. The molecular formula is C26H27F2N7O2. The lowest BCUT2D eigenvalue weighted by atomic mass is 9.98. The maximum absolute atomic E-state index is 15.4. The summed E-state index contributed by atoms with van der Waals surface area (Å²) in [5.74, 6) is -0.0581. The second kappa shape index (κ2) is 9.22. The van der Waals surface area contributed by atoms with Crippen molar-refractivity contribution in [3.8, 4) is 16.9 Å². The number of nitrogens with zero attached hydrogens (tertiary/aromatic N) is 6. The number of nitrogens with one attached hydrogen (secondary N) is 1. The van der Waals surface area contributed by atoms with Crippen LogP contribution in [-0.4, -0.2) is 69.4 Å². The number of halogens is 2. The second-order valence-electron chi connectivity index (χ2n) is 9.58. The molecule has 2 atom stereocenters. The van der Waals surface area contributed by atoms with E-state index in [9.17, 15) is 9.18 Å². The molecule has 6 rings (SSSR count). The zero-order valence-electron chi connectivity index (χ0n) is 20.6. The monoisotopic (exact) mass is 507 g/mol. The fraction of sp³-hybridized carbons (Fsp3) is 0.385. The summed E-state index contributed by atoms with van der Waals surface area (Å²) >= 11 is 0. The Morgan fingerprint density at radius 3 is 2.78 bits per heavy atom. The number of H-pyrrole nitrogens is 1. The van der Waals surface area contributed by atoms with Crippen LogP contribution in [-0.2, 0) is 9.53 Å². The lowest BCUT2D eigenvalue weighted by molar-refractivity contribution is -0.124. The van der Waals surface area contributed by atoms with Crippen LogP contribution >= 0.6 is 0 Å². The molecule has 11 heteroatoms. The molecule has 2 saturated heterocycles. The minimum Gasteiger partial charge on any atom is -0.377 e. The van der Waals surface area contributed by atoms with E-state index >= 15 is 4.39 Å². The number of alkyl halides is 1. The number of aromatic amines is 1. The quantitative estimate of drug-likeness (QED) is 0.450. The summed E-state index contributed by atoms with van der Waals surface area (Å²) in [5, 5.41) is 11.3. The zero-order valence-corrected chi connectivity index (χ0v) is 20.6. The minimum atomic E-state index is -1.48. The number of amides is 1. The highest BCUT2D eigenvalue weighted by Gasteiger charge is 2.31. The molecule has 0 aliphatic carbocycles. The van der Waals surface area contributed by atoms with Crippen molar-refractivity contribution in [1.82, 2.24) is 25.0 Å². The maximum atomic E-state index is 15.4. The van der Waals surface area contributed by atoms with Crippen LogP contribution in [0.1, 0.15) is 25.3 Å². The van der Waals surface area contributed by atoms with Gasteiger partial charge in [-0.05, 0) is 56.0 Å². The summed E-state index contributed by atoms with van der Waals surface area (Å²) in [4.78, 5) is 20.9. The highest BCUT2D eigenvalue weighted by Crippen LogP contribution is 2.37. The first-order valence-corrected chi connectivity index (χ1v) is 12.4. The Labute approximate surface area is 212 Å². The average molecular weight is 508 g/mol. The van der Waals surface area contributed by atoms with Gasteiger partial charge in [-0.3, -0.25) is 9.89 Å². The van der Waals surface area contributed by atoms with Crippen LogP contribution < -0.4 is 9.80 Å². The van der Waals surface area contributed by atoms with Crippen molar-refractivity contribution < 1.29 is 18.3 Å². The van der Waals surface area contributed by atoms with Crippen molar-refractivity contribution in [2.75, 3.05) is 36.1 Å². The molecule has 0 radical (unpaired) electrons. The summed E-state index contributed by atoms with van der Waals surface area (Å²) in [6, 6.07) is 9.20. The number of ether oxygens (including phenoxy) is 1. The van der Waals surface area contributed by atoms with E-state index in [1.54, 1.807) is 18.3 Å². The number of aryl methyl sites for hydroxylation is 1. The highest BCUT2D eigenvalue weighted by atomic mass is 19.1. The maximum Gasteiger partial charge on any atom is 0.261 e. The molecule has 1 unspecified atom stereocenters. The summed E-state index contributed by atoms with van der Waals surface area (Å²) < 4.78 is 36.5. The van der Waals surface area contributed by atoms with Gasteiger partial charge in [0.05, 0.1) is 24.6 Å². The first kappa shape index (κ1) is 23.5. The normalized spacial score (nSPS) is 20.7. The molecule has 9 nitrogen and oxygen atoms in total. The fourth-order valence-corrected chi connectivity index (χ4v) is 5.23. The van der Waals surface area contributed by atoms with Crippen molar-refractivity contribution in [2.45, 2.75) is 38.9 Å². The molecule has 5 heterocycles. The van der Waals surface area contributed by atoms with E-state index < -0.39 is 18.0 Å². The third kappa shape index (κ3) is 4.03. The molecule has 0 bridgehead atoms. The molecule has 1 aromatic carbocycles. The molecule has 2 aliphatic heterocycles. The summed E-state index contributed by atoms with van der Waals surface area (Å²) in [6.07, 6.45) is 1.02. The van der Waals surface area contributed by atoms with Gasteiger partial charge in [0.1, 0.15) is 5.82 Å². The number of rotatable bonds is 4. The van der Waals surface area contributed by atoms with Crippen LogP contribution in [0.15, 0.2) is 36.5 Å². The third-order valence-electron chi connectivity index (χ3n) is 7.12. The van der Waals surface area contributed by atoms with Crippen LogP contribution in [0.5, 0.6) is 0 Å². The molecule has 3 aromatic heterocycles. The van der Waals surface area contributed by atoms with Crippen LogP contribution in [0.4, 0.5) is 20.3 Å². The minimum absolute atomic E-state index is 0.0843. The second-order valence-corrected chi connectivity index (χ2v) is 9.58. The number of pyridine rings is 1. The number of fused-ring (bicyclic) bond motifs is 1. The third-order valence-corrected chi connectivity index (χ3v) is 7.12. The zero-order chi connectivity index (χ0) is 25.7. The number of carbonyl (C=O) groups is 1. The number of carbonyl (C=O) groups excluding carboxylic acids is 1. The Morgan fingerprint density at radius 2 is 2.03 bits per heavy atom. The van der Waals surface area contributed by atoms with Gasteiger partial charge in [0.25, 0.3) is 5.91 Å². The number of hydrogen-bond donors (Lipinski definition) is 1. The Morgan fingerprint density at radius 1 is 1.16 bits per heavy atom. The van der Waals surface area contributed by atoms with E-state index in [2.05, 4.69) is 27.1 Å². The Bertz CT molecular complexity index is 1470. The molecular weight excluding hydrogens is 480 g/mol. The van der Waals surface area contributed by atoms with Crippen molar-refractivity contribution in [1.29, 1.82) is 0 Å². The Hall–Kier alpha value is -3.86. The van der Waals surface area contributed by atoms with Crippen molar-refractivity contribution in [3.63, 3.8) is 0 Å². The van der Waals surface area contributed by atoms with Gasteiger partial charge in [-0.1, -0.05) is 6.07 Å². The van der Waals surface area contributed by atoms with Gasteiger partial charge in [0.15, 0.2) is 17.6 Å². The van der Waals surface area contributed by atoms with Crippen LogP contribution in [0.3, 0.4) is 0 Å². The molecule has 2 fully saturated rings. The summed E-state index contributed by atoms with van der Waals surface area (Å²) in [7, 11) is 0. The van der Waals surface area contributed by atoms with E-state index in [-0.39, 0.29) is 17.8 Å². The predicted octanol–water partition coefficient (Wildman–Crippen LogP) is 3.95. The van der Waals surface area contributed by atoms with E-state index in [0.29, 0.717) is 61.3 Å². The molecule has 0 spiro atoms. The lowest BCUT2D eigenvalue weighted by Gasteiger charge is -2.34. The molecule has 1 amide bonds. The number of hydrogen-bond acceptors (Lipinski definition) is 6. The molecule has 0 saturated carbocycles. The largest absolute Gasteiger partial charge is 0.377 e. The van der Waals surface area contributed by atoms with Gasteiger partial charge >= 0.3 is 0 Å². The first-order valence-electron chi connectivity index (χ1n) is 12.4. The Balaban J connectivity index is 1.51. The molecule has 37 heavy (non-hydrogen) atoms. The first-order chi connectivity index (χ1) is 17.9. The van der Waals surface area contributed by atoms with Gasteiger partial charge in [-0.25, -0.2) is 9.37 Å². The number of aromatic nitrogens is 5. The number of piperidine rings is 1. The van der Waals surface area contributed by atoms with Crippen LogP contribution in [0.25, 0.3) is 28.0 Å². The van der Waals surface area contributed by atoms with Gasteiger partial charge in [0.2, 0.25) is 5.95 Å². The number of benzene rings is 1. The lowest BCUT2D eigenvalue weighted by Crippen LogP contribution is -2.44. The van der Waals surface area contributed by atoms with Crippen LogP contribution in [0, 0.1) is 12.9 Å². The smallest absolute Gasteiger partial charge is 0.261 e. The standard InChI is InChI=1S/C26H27F2N7O2/c1-15-12-17(5-6-20(15)34-9-3-4-19(27)26(34)36)18-13-22(33-10-11-37-14-16(33)2)30-25-23(18)24(28)32-35(25)21-7-8-29-31-21/h5-8,12-13,16,19H,3-4,9-11,14H2,1-2H3,(H,29,31)/t16-,19?/m1/s1. The average Bonchev–Trinajstić information content (AvgIpc) is 3.54. The summed E-state index contributed by atoms with van der Waals surface area (Å²) in [5.41, 5.74) is 3.19. The fourth-order valence-electron chi connectivity index (χ4n) is 5.23. The van der Waals surface area contributed by atoms with Gasteiger partial charge in [-0.15, -0.1) is 5.10 Å². The SMILES string of the molecule is Cc1cc(-c2cc(N3CCOC[C@H]3C)nc3c2c(F)nn3-c2cc[nH]n2)ccc1N1CCCC(F)C1=O. The summed E-state index contributed by atoms with van der Waals surface area (Å²) in [6.45, 7) is 6.19. The van der Waals surface area contributed by atoms with Crippen molar-refractivity contribution in [2.24, 2.45) is 0 Å². The van der Waals surface area contributed by atoms with Crippen molar-refractivity contribution in [3.05, 3.63) is 48.0 Å². The molecule has 192 valence electrons. The molecule has 4 aromatic rings. The topological polar surface area (TPSA) is 92.2 Å². The van der Waals surface area contributed by atoms with Crippen molar-refractivity contribution >= 4 is 28.4 Å².